The fourth-order valence-electron chi connectivity index (χ4n) is 4.45. The summed E-state index contributed by atoms with van der Waals surface area (Å²) in [5.74, 6) is 2.89. The molecule has 0 bridgehead atoms. The lowest BCUT2D eigenvalue weighted by molar-refractivity contribution is -0.135. The van der Waals surface area contributed by atoms with Gasteiger partial charge in [-0.05, 0) is 18.3 Å². The zero-order chi connectivity index (χ0) is 21.7. The summed E-state index contributed by atoms with van der Waals surface area (Å²) in [6, 6.07) is 0. The van der Waals surface area contributed by atoms with E-state index in [4.69, 9.17) is 4.98 Å². The fourth-order valence-corrected chi connectivity index (χ4v) is 5.28. The Labute approximate surface area is 208 Å². The van der Waals surface area contributed by atoms with Gasteiger partial charge in [0.05, 0.1) is 23.8 Å². The van der Waals surface area contributed by atoms with E-state index in [-0.39, 0.29) is 29.9 Å². The Hall–Kier alpha value is -0.940. The van der Waals surface area contributed by atoms with Crippen molar-refractivity contribution in [1.29, 1.82) is 0 Å². The summed E-state index contributed by atoms with van der Waals surface area (Å²) in [7, 11) is 1.83. The maximum absolute atomic E-state index is 12.8. The van der Waals surface area contributed by atoms with E-state index < -0.39 is 0 Å². The number of piperidine rings is 1. The molecule has 31 heavy (non-hydrogen) atoms. The van der Waals surface area contributed by atoms with Crippen LogP contribution in [0.5, 0.6) is 0 Å². The molecule has 1 aromatic heterocycles. The number of nitrogens with one attached hydrogen (secondary N) is 1. The first kappa shape index (κ1) is 26.3. The van der Waals surface area contributed by atoms with Crippen molar-refractivity contribution in [3.05, 3.63) is 16.1 Å². The number of piperazine rings is 1. The minimum atomic E-state index is 0. The minimum absolute atomic E-state index is 0. The highest BCUT2D eigenvalue weighted by molar-refractivity contribution is 14.0. The molecule has 2 aliphatic heterocycles. The molecule has 2 fully saturated rings. The zero-order valence-corrected chi connectivity index (χ0v) is 22.8. The largest absolute Gasteiger partial charge is 0.351 e. The number of hydrogen-bond acceptors (Lipinski definition) is 5. The van der Waals surface area contributed by atoms with E-state index in [0.29, 0.717) is 30.8 Å². The second kappa shape index (κ2) is 12.3. The van der Waals surface area contributed by atoms with Crippen molar-refractivity contribution < 1.29 is 4.79 Å². The molecule has 0 spiro atoms. The predicted molar refractivity (Wildman–Crippen MR) is 139 cm³/mol. The molecule has 2 unspecified atom stereocenters. The number of halogens is 1. The number of carbonyl (C=O) groups excluding carboxylic acids is 1. The third-order valence-corrected chi connectivity index (χ3v) is 7.15. The zero-order valence-electron chi connectivity index (χ0n) is 19.6. The Morgan fingerprint density at radius 1 is 1.19 bits per heavy atom. The fraction of sp³-hybridized carbons (Fsp3) is 0.773. The number of aromatic nitrogens is 1. The van der Waals surface area contributed by atoms with Gasteiger partial charge in [0.25, 0.3) is 0 Å². The van der Waals surface area contributed by atoms with Gasteiger partial charge in [-0.3, -0.25) is 14.7 Å². The predicted octanol–water partition coefficient (Wildman–Crippen LogP) is 3.08. The molecule has 3 heterocycles. The van der Waals surface area contributed by atoms with Crippen molar-refractivity contribution in [2.45, 2.75) is 46.6 Å². The van der Waals surface area contributed by atoms with Crippen molar-refractivity contribution in [2.24, 2.45) is 16.8 Å². The minimum Gasteiger partial charge on any atom is -0.351 e. The van der Waals surface area contributed by atoms with Crippen LogP contribution in [0, 0.1) is 11.8 Å². The third-order valence-electron chi connectivity index (χ3n) is 5.96. The van der Waals surface area contributed by atoms with Crippen LogP contribution in [0.15, 0.2) is 10.4 Å². The number of thiazole rings is 1. The number of hydrogen-bond donors (Lipinski definition) is 1. The molecule has 1 amide bonds. The molecule has 1 N–H and O–H groups in total. The van der Waals surface area contributed by atoms with Gasteiger partial charge in [-0.25, -0.2) is 4.98 Å². The van der Waals surface area contributed by atoms with Crippen molar-refractivity contribution in [2.75, 3.05) is 52.9 Å². The number of nitrogens with zero attached hydrogens (tertiary/aromatic N) is 5. The van der Waals surface area contributed by atoms with Crippen molar-refractivity contribution in [3.8, 4) is 0 Å². The summed E-state index contributed by atoms with van der Waals surface area (Å²) >= 11 is 1.72. The van der Waals surface area contributed by atoms with Gasteiger partial charge >= 0.3 is 0 Å². The van der Waals surface area contributed by atoms with E-state index >= 15 is 0 Å². The standard InChI is InChI=1S/C22H38N6OS.HI/c1-16(2)21-25-19(15-30-21)11-24-22(23-5)27-8-6-26(7-9-27)14-20(29)28-12-17(3)10-18(4)13-28;/h15-18H,6-14H2,1-5H3,(H,23,24);1H. The first-order valence-corrected chi connectivity index (χ1v) is 12.1. The lowest BCUT2D eigenvalue weighted by Crippen LogP contribution is -2.55. The molecular weight excluding hydrogens is 523 g/mol. The average molecular weight is 563 g/mol. The quantitative estimate of drug-likeness (QED) is 0.340. The molecule has 0 aliphatic carbocycles. The molecule has 2 aliphatic rings. The van der Waals surface area contributed by atoms with Gasteiger partial charge in [-0.1, -0.05) is 27.7 Å². The first-order valence-electron chi connectivity index (χ1n) is 11.3. The number of guanidine groups is 1. The molecule has 2 saturated heterocycles. The molecule has 0 radical (unpaired) electrons. The van der Waals surface area contributed by atoms with Crippen LogP contribution in [0.25, 0.3) is 0 Å². The van der Waals surface area contributed by atoms with Crippen LogP contribution >= 0.6 is 35.3 Å². The summed E-state index contributed by atoms with van der Waals surface area (Å²) in [6.45, 7) is 15.4. The van der Waals surface area contributed by atoms with Crippen molar-refractivity contribution in [3.63, 3.8) is 0 Å². The highest BCUT2D eigenvalue weighted by Crippen LogP contribution is 2.21. The summed E-state index contributed by atoms with van der Waals surface area (Å²) in [5.41, 5.74) is 1.07. The summed E-state index contributed by atoms with van der Waals surface area (Å²) in [6.07, 6.45) is 1.23. The Bertz CT molecular complexity index is 721. The third kappa shape index (κ3) is 7.56. The molecule has 1 aromatic rings. The van der Waals surface area contributed by atoms with Crippen LogP contribution in [0.1, 0.15) is 50.7 Å². The van der Waals surface area contributed by atoms with Crippen LogP contribution in [-0.2, 0) is 11.3 Å². The summed E-state index contributed by atoms with van der Waals surface area (Å²) in [4.78, 5) is 28.6. The monoisotopic (exact) mass is 562 g/mol. The van der Waals surface area contributed by atoms with Gasteiger partial charge < -0.3 is 15.1 Å². The highest BCUT2D eigenvalue weighted by Gasteiger charge is 2.28. The van der Waals surface area contributed by atoms with Gasteiger partial charge in [0.1, 0.15) is 0 Å². The van der Waals surface area contributed by atoms with Crippen molar-refractivity contribution in [1.82, 2.24) is 25.0 Å². The summed E-state index contributed by atoms with van der Waals surface area (Å²) < 4.78 is 0. The van der Waals surface area contributed by atoms with Crippen LogP contribution in [-0.4, -0.2) is 84.4 Å². The maximum atomic E-state index is 12.8. The highest BCUT2D eigenvalue weighted by atomic mass is 127. The van der Waals surface area contributed by atoms with Crippen LogP contribution in [0.2, 0.25) is 0 Å². The van der Waals surface area contributed by atoms with Gasteiger partial charge in [0, 0.05) is 57.6 Å². The SMILES string of the molecule is CN=C(NCc1csc(C(C)C)n1)N1CCN(CC(=O)N2CC(C)CC(C)C2)CC1.I. The van der Waals surface area contributed by atoms with E-state index in [9.17, 15) is 4.79 Å². The molecule has 176 valence electrons. The van der Waals surface area contributed by atoms with E-state index in [2.05, 4.69) is 58.1 Å². The molecular formula is C22H39IN6OS. The van der Waals surface area contributed by atoms with Gasteiger partial charge in [0.15, 0.2) is 5.96 Å². The lowest BCUT2D eigenvalue weighted by Gasteiger charge is -2.39. The molecule has 2 atom stereocenters. The first-order chi connectivity index (χ1) is 14.4. The molecule has 3 rings (SSSR count). The van der Waals surface area contributed by atoms with E-state index in [1.165, 1.54) is 11.4 Å². The van der Waals surface area contributed by atoms with Gasteiger partial charge in [-0.15, -0.1) is 35.3 Å². The molecule has 9 heteroatoms. The molecule has 0 aromatic carbocycles. The van der Waals surface area contributed by atoms with E-state index in [1.807, 2.05) is 7.05 Å². The van der Waals surface area contributed by atoms with Crippen molar-refractivity contribution >= 4 is 47.2 Å². The van der Waals surface area contributed by atoms with Crippen LogP contribution < -0.4 is 5.32 Å². The van der Waals surface area contributed by atoms with Gasteiger partial charge in [-0.2, -0.15) is 0 Å². The number of carbonyl (C=O) groups is 1. The lowest BCUT2D eigenvalue weighted by atomic mass is 9.92. The van der Waals surface area contributed by atoms with Crippen LogP contribution in [0.3, 0.4) is 0 Å². The normalized spacial score (nSPS) is 23.1. The molecule has 0 saturated carbocycles. The van der Waals surface area contributed by atoms with E-state index in [1.54, 1.807) is 11.3 Å². The summed E-state index contributed by atoms with van der Waals surface area (Å²) in [5, 5.41) is 6.76. The number of amides is 1. The molecule has 7 nitrogen and oxygen atoms in total. The number of likely N-dealkylation sites (tertiary alicyclic amines) is 1. The van der Waals surface area contributed by atoms with E-state index in [0.717, 1.165) is 50.9 Å². The Morgan fingerprint density at radius 3 is 2.39 bits per heavy atom. The van der Waals surface area contributed by atoms with Crippen LogP contribution in [0.4, 0.5) is 0 Å². The average Bonchev–Trinajstić information content (AvgIpc) is 3.18. The second-order valence-electron chi connectivity index (χ2n) is 9.24. The Kier molecular flexibility index (Phi) is 10.5. The second-order valence-corrected chi connectivity index (χ2v) is 10.1. The Morgan fingerprint density at radius 2 is 1.84 bits per heavy atom. The van der Waals surface area contributed by atoms with Gasteiger partial charge in [0.2, 0.25) is 5.91 Å². The maximum Gasteiger partial charge on any atom is 0.236 e. The number of rotatable bonds is 5. The Balaban J connectivity index is 0.00000341. The topological polar surface area (TPSA) is 64.1 Å². The number of aliphatic imine (C=N–C) groups is 1. The smallest absolute Gasteiger partial charge is 0.236 e.